The molecule has 3 aromatic carbocycles. The summed E-state index contributed by atoms with van der Waals surface area (Å²) in [6.45, 7) is 3.73. The smallest absolute Gasteiger partial charge is 0.332 e. The molecule has 3 heterocycles. The Balaban J connectivity index is 1.43. The van der Waals surface area contributed by atoms with Crippen LogP contribution in [0.4, 0.5) is 10.5 Å². The third-order valence-corrected chi connectivity index (χ3v) is 8.15. The number of carboxylic acid groups (broad SMARTS) is 1. The van der Waals surface area contributed by atoms with Crippen molar-refractivity contribution in [3.8, 4) is 0 Å². The quantitative estimate of drug-likeness (QED) is 0.246. The van der Waals surface area contributed by atoms with Crippen LogP contribution in [0.5, 0.6) is 0 Å². The van der Waals surface area contributed by atoms with E-state index in [4.69, 9.17) is 11.6 Å². The molecule has 1 fully saturated rings. The van der Waals surface area contributed by atoms with E-state index in [-0.39, 0.29) is 23.6 Å². The highest BCUT2D eigenvalue weighted by molar-refractivity contribution is 6.30. The molecule has 3 atom stereocenters. The predicted molar refractivity (Wildman–Crippen MR) is 159 cm³/mol. The van der Waals surface area contributed by atoms with Gasteiger partial charge in [0.25, 0.3) is 11.8 Å². The van der Waals surface area contributed by atoms with Crippen molar-refractivity contribution in [2.75, 3.05) is 4.90 Å². The summed E-state index contributed by atoms with van der Waals surface area (Å²) in [5.74, 6) is -2.26. The van der Waals surface area contributed by atoms with E-state index in [2.05, 4.69) is 10.3 Å². The van der Waals surface area contributed by atoms with Crippen LogP contribution >= 0.6 is 11.6 Å². The second-order valence-electron chi connectivity index (χ2n) is 11.1. The normalized spacial score (nSPS) is 18.8. The van der Waals surface area contributed by atoms with E-state index in [1.165, 1.54) is 12.1 Å². The molecule has 0 spiro atoms. The van der Waals surface area contributed by atoms with Gasteiger partial charge in [0.05, 0.1) is 11.3 Å². The molecule has 42 heavy (non-hydrogen) atoms. The van der Waals surface area contributed by atoms with E-state index in [0.29, 0.717) is 11.4 Å². The lowest BCUT2D eigenvalue weighted by Crippen LogP contribution is -2.44. The van der Waals surface area contributed by atoms with Gasteiger partial charge in [0.2, 0.25) is 0 Å². The van der Waals surface area contributed by atoms with Crippen molar-refractivity contribution in [3.63, 3.8) is 0 Å². The second kappa shape index (κ2) is 10.6. The molecule has 214 valence electrons. The first-order chi connectivity index (χ1) is 20.2. The number of urea groups is 1. The van der Waals surface area contributed by atoms with Crippen molar-refractivity contribution in [3.05, 3.63) is 100 Å². The number of nitrogens with zero attached hydrogens (tertiary/aromatic N) is 2. The number of hydrogen-bond donors (Lipinski definition) is 3. The van der Waals surface area contributed by atoms with E-state index in [0.717, 1.165) is 32.6 Å². The fourth-order valence-corrected chi connectivity index (χ4v) is 6.31. The number of hydrogen-bond acceptors (Lipinski definition) is 4. The van der Waals surface area contributed by atoms with Crippen LogP contribution in [-0.2, 0) is 16.0 Å². The summed E-state index contributed by atoms with van der Waals surface area (Å²) >= 11 is 6.38. The topological polar surface area (TPSA) is 123 Å². The predicted octanol–water partition coefficient (Wildman–Crippen LogP) is 5.53. The largest absolute Gasteiger partial charge is 0.480 e. The molecule has 2 aliphatic heterocycles. The van der Waals surface area contributed by atoms with Gasteiger partial charge < -0.3 is 15.4 Å². The number of carboxylic acids is 1. The van der Waals surface area contributed by atoms with E-state index in [9.17, 15) is 24.3 Å². The van der Waals surface area contributed by atoms with Crippen LogP contribution in [-0.4, -0.2) is 50.9 Å². The Morgan fingerprint density at radius 1 is 1.05 bits per heavy atom. The number of aromatic amines is 1. The van der Waals surface area contributed by atoms with Gasteiger partial charge in [0.1, 0.15) is 18.1 Å². The van der Waals surface area contributed by atoms with Crippen molar-refractivity contribution >= 4 is 52.0 Å². The van der Waals surface area contributed by atoms with Gasteiger partial charge in [0.15, 0.2) is 0 Å². The first-order valence-electron chi connectivity index (χ1n) is 13.8. The van der Waals surface area contributed by atoms with Crippen molar-refractivity contribution in [2.24, 2.45) is 5.92 Å². The number of aliphatic carboxylic acids is 1. The second-order valence-corrected chi connectivity index (χ2v) is 11.6. The molecular weight excluding hydrogens is 556 g/mol. The fourth-order valence-electron chi connectivity index (χ4n) is 6.11. The van der Waals surface area contributed by atoms with Crippen molar-refractivity contribution in [2.45, 2.75) is 44.8 Å². The highest BCUT2D eigenvalue weighted by atomic mass is 35.5. The number of nitrogens with one attached hydrogen (secondary N) is 2. The summed E-state index contributed by atoms with van der Waals surface area (Å²) in [4.78, 5) is 59.7. The van der Waals surface area contributed by atoms with Crippen LogP contribution in [0.15, 0.2) is 72.8 Å². The van der Waals surface area contributed by atoms with Crippen LogP contribution in [0.2, 0.25) is 5.02 Å². The molecule has 3 N–H and O–H groups in total. The summed E-state index contributed by atoms with van der Waals surface area (Å²) in [5.41, 5.74) is 3.55. The molecule has 0 bridgehead atoms. The number of imide groups is 1. The molecule has 9 nitrogen and oxygen atoms in total. The molecule has 1 unspecified atom stereocenters. The highest BCUT2D eigenvalue weighted by Gasteiger charge is 2.53. The molecule has 0 saturated carbocycles. The Kier molecular flexibility index (Phi) is 6.98. The van der Waals surface area contributed by atoms with Gasteiger partial charge in [-0.3, -0.25) is 14.5 Å². The lowest BCUT2D eigenvalue weighted by molar-refractivity contribution is -0.139. The molecular formula is C32H29ClN4O5. The van der Waals surface area contributed by atoms with E-state index in [1.54, 1.807) is 35.2 Å². The third-order valence-electron chi connectivity index (χ3n) is 7.91. The van der Waals surface area contributed by atoms with Gasteiger partial charge in [-0.2, -0.15) is 0 Å². The number of benzene rings is 3. The van der Waals surface area contributed by atoms with Crippen molar-refractivity contribution in [1.29, 1.82) is 0 Å². The van der Waals surface area contributed by atoms with Gasteiger partial charge in [0, 0.05) is 28.0 Å². The van der Waals surface area contributed by atoms with Crippen LogP contribution in [0.25, 0.3) is 10.9 Å². The lowest BCUT2D eigenvalue weighted by atomic mass is 9.89. The van der Waals surface area contributed by atoms with Crippen LogP contribution < -0.4 is 10.2 Å². The Bertz CT molecular complexity index is 1750. The number of halogens is 1. The average Bonchev–Trinajstić information content (AvgIpc) is 3.45. The van der Waals surface area contributed by atoms with Crippen molar-refractivity contribution in [1.82, 2.24) is 15.2 Å². The minimum absolute atomic E-state index is 0.0240. The minimum atomic E-state index is -1.15. The first-order valence-corrected chi connectivity index (χ1v) is 14.2. The Hall–Kier alpha value is -4.63. The number of carbonyl (C=O) groups excluding carboxylic acids is 3. The highest BCUT2D eigenvalue weighted by Crippen LogP contribution is 2.45. The van der Waals surface area contributed by atoms with Crippen molar-refractivity contribution < 1.29 is 24.3 Å². The lowest BCUT2D eigenvalue weighted by Gasteiger charge is -2.36. The molecule has 1 aromatic heterocycles. The number of carbonyl (C=O) groups is 4. The summed E-state index contributed by atoms with van der Waals surface area (Å²) in [6, 6.07) is 18.1. The van der Waals surface area contributed by atoms with Gasteiger partial charge in [-0.05, 0) is 53.8 Å². The van der Waals surface area contributed by atoms with Crippen LogP contribution in [0.1, 0.15) is 53.5 Å². The summed E-state index contributed by atoms with van der Waals surface area (Å²) < 4.78 is 0. The average molecular weight is 585 g/mol. The number of anilines is 1. The first kappa shape index (κ1) is 27.5. The number of H-pyrrole nitrogens is 1. The third kappa shape index (κ3) is 4.59. The van der Waals surface area contributed by atoms with E-state index >= 15 is 0 Å². The zero-order valence-corrected chi connectivity index (χ0v) is 23.8. The number of para-hydroxylation sites is 2. The Morgan fingerprint density at radius 3 is 2.52 bits per heavy atom. The molecule has 0 radical (unpaired) electrons. The van der Waals surface area contributed by atoms with Crippen LogP contribution in [0.3, 0.4) is 0 Å². The zero-order valence-electron chi connectivity index (χ0n) is 23.0. The van der Waals surface area contributed by atoms with Gasteiger partial charge in [-0.15, -0.1) is 0 Å². The number of fused-ring (bicyclic) bond motifs is 4. The Labute approximate surface area is 247 Å². The SMILES string of the molecule is CC(C)C[C@@H](NC(=O)c1ccccc1N1C(=O)[C@@H]2Cc3c([nH]c4ccccc34)C(c3cccc(Cl)c3)N2C1=O)C(=O)O. The maximum atomic E-state index is 14.3. The van der Waals surface area contributed by atoms with E-state index < -0.39 is 41.9 Å². The fraction of sp³-hybridized carbons (Fsp3) is 0.250. The van der Waals surface area contributed by atoms with Crippen LogP contribution in [0, 0.1) is 5.92 Å². The molecule has 4 aromatic rings. The summed E-state index contributed by atoms with van der Waals surface area (Å²) in [5, 5.41) is 13.7. The number of rotatable bonds is 7. The standard InChI is InChI=1S/C32H29ClN4O5/c1-17(2)14-24(31(40)41)35-29(38)21-11-4-6-13-25(21)37-30(39)26-16-22-20-10-3-5-12-23(20)34-27(22)28(36(26)32(37)42)18-8-7-9-19(33)15-18/h3-13,15,17,24,26,28,34H,14,16H2,1-2H3,(H,35,38)(H,40,41)/t24-,26+,28?/m1/s1. The maximum Gasteiger partial charge on any atom is 0.332 e. The summed E-state index contributed by atoms with van der Waals surface area (Å²) in [7, 11) is 0. The molecule has 4 amide bonds. The molecule has 0 aliphatic carbocycles. The molecule has 2 aliphatic rings. The zero-order chi connectivity index (χ0) is 29.7. The van der Waals surface area contributed by atoms with E-state index in [1.807, 2.05) is 44.2 Å². The molecule has 6 rings (SSSR count). The monoisotopic (exact) mass is 584 g/mol. The summed E-state index contributed by atoms with van der Waals surface area (Å²) in [6.07, 6.45) is 0.523. The molecule has 10 heteroatoms. The van der Waals surface area contributed by atoms with Gasteiger partial charge in [-0.25, -0.2) is 14.5 Å². The number of amides is 4. The van der Waals surface area contributed by atoms with Gasteiger partial charge in [-0.1, -0.05) is 67.9 Å². The van der Waals surface area contributed by atoms with Gasteiger partial charge >= 0.3 is 12.0 Å². The minimum Gasteiger partial charge on any atom is -0.480 e. The molecule has 1 saturated heterocycles. The number of aromatic nitrogens is 1. The maximum absolute atomic E-state index is 14.3. The Morgan fingerprint density at radius 2 is 1.79 bits per heavy atom.